The largest absolute Gasteiger partial charge is 0.493 e. The lowest BCUT2D eigenvalue weighted by Crippen LogP contribution is -2.31. The van der Waals surface area contributed by atoms with Crippen molar-refractivity contribution in [1.82, 2.24) is 10.0 Å². The highest BCUT2D eigenvalue weighted by atomic mass is 32.2. The zero-order chi connectivity index (χ0) is 22.9. The summed E-state index contributed by atoms with van der Waals surface area (Å²) >= 11 is 0. The van der Waals surface area contributed by atoms with E-state index in [9.17, 15) is 13.2 Å². The van der Waals surface area contributed by atoms with Crippen LogP contribution in [0, 0.1) is 0 Å². The van der Waals surface area contributed by atoms with Crippen molar-refractivity contribution < 1.29 is 27.4 Å². The molecule has 168 valence electrons. The Morgan fingerprint density at radius 1 is 1.03 bits per heavy atom. The first-order valence-electron chi connectivity index (χ1n) is 9.61. The molecule has 2 aromatic rings. The molecule has 9 heteroatoms. The number of amides is 1. The Labute approximate surface area is 183 Å². The Kier molecular flexibility index (Phi) is 8.89. The van der Waals surface area contributed by atoms with Gasteiger partial charge in [-0.2, -0.15) is 0 Å². The molecule has 0 fully saturated rings. The zero-order valence-corrected chi connectivity index (χ0v) is 18.9. The zero-order valence-electron chi connectivity index (χ0n) is 18.0. The standard InChI is InChI=1S/C22H28N2O6S/c1-16(18-14-19(28-2)22(30-4)20(15-18)29-3)24-21(25)10-12-23-31(26,27)13-11-17-8-6-5-7-9-17/h5-9,11,13-16,23H,10,12H2,1-4H3,(H,24,25)/b13-11+. The van der Waals surface area contributed by atoms with Gasteiger partial charge in [0.25, 0.3) is 0 Å². The molecule has 31 heavy (non-hydrogen) atoms. The predicted molar refractivity (Wildman–Crippen MR) is 120 cm³/mol. The lowest BCUT2D eigenvalue weighted by molar-refractivity contribution is -0.121. The highest BCUT2D eigenvalue weighted by molar-refractivity contribution is 7.92. The summed E-state index contributed by atoms with van der Waals surface area (Å²) in [6.45, 7) is 1.79. The van der Waals surface area contributed by atoms with Crippen molar-refractivity contribution in [2.24, 2.45) is 0 Å². The number of rotatable bonds is 11. The number of sulfonamides is 1. The van der Waals surface area contributed by atoms with Gasteiger partial charge in [0, 0.05) is 18.4 Å². The van der Waals surface area contributed by atoms with Gasteiger partial charge in [0.1, 0.15) is 0 Å². The van der Waals surface area contributed by atoms with Crippen molar-refractivity contribution in [2.75, 3.05) is 27.9 Å². The van der Waals surface area contributed by atoms with E-state index in [1.54, 1.807) is 24.3 Å². The van der Waals surface area contributed by atoms with Crippen LogP contribution in [0.5, 0.6) is 17.2 Å². The fourth-order valence-corrected chi connectivity index (χ4v) is 3.65. The topological polar surface area (TPSA) is 103 Å². The van der Waals surface area contributed by atoms with E-state index in [4.69, 9.17) is 14.2 Å². The Balaban J connectivity index is 1.92. The van der Waals surface area contributed by atoms with Crippen LogP contribution in [-0.2, 0) is 14.8 Å². The summed E-state index contributed by atoms with van der Waals surface area (Å²) in [4.78, 5) is 12.3. The number of methoxy groups -OCH3 is 3. The number of ether oxygens (including phenoxy) is 3. The van der Waals surface area contributed by atoms with E-state index in [-0.39, 0.29) is 24.9 Å². The van der Waals surface area contributed by atoms with Crippen molar-refractivity contribution in [3.05, 3.63) is 59.0 Å². The van der Waals surface area contributed by atoms with Crippen LogP contribution in [-0.4, -0.2) is 42.2 Å². The van der Waals surface area contributed by atoms with E-state index in [0.29, 0.717) is 17.2 Å². The first kappa shape index (κ1) is 24.2. The summed E-state index contributed by atoms with van der Waals surface area (Å²) in [5.41, 5.74) is 1.53. The molecule has 8 nitrogen and oxygen atoms in total. The van der Waals surface area contributed by atoms with Crippen molar-refractivity contribution in [1.29, 1.82) is 0 Å². The summed E-state index contributed by atoms with van der Waals surface area (Å²) in [6, 6.07) is 12.2. The lowest BCUT2D eigenvalue weighted by atomic mass is 10.1. The summed E-state index contributed by atoms with van der Waals surface area (Å²) in [6.07, 6.45) is 1.49. The first-order valence-corrected chi connectivity index (χ1v) is 11.2. The highest BCUT2D eigenvalue weighted by Gasteiger charge is 2.18. The minimum absolute atomic E-state index is 0.00677. The van der Waals surface area contributed by atoms with Gasteiger partial charge >= 0.3 is 0 Å². The van der Waals surface area contributed by atoms with Gasteiger partial charge in [-0.25, -0.2) is 13.1 Å². The van der Waals surface area contributed by atoms with Gasteiger partial charge in [0.2, 0.25) is 21.7 Å². The molecule has 2 N–H and O–H groups in total. The Morgan fingerprint density at radius 3 is 2.19 bits per heavy atom. The second-order valence-corrected chi connectivity index (χ2v) is 8.30. The number of carbonyl (C=O) groups excluding carboxylic acids is 1. The Bertz CT molecular complexity index is 981. The third kappa shape index (κ3) is 7.30. The average Bonchev–Trinajstić information content (AvgIpc) is 2.77. The molecule has 0 aliphatic heterocycles. The molecular formula is C22H28N2O6S. The minimum Gasteiger partial charge on any atom is -0.493 e. The molecule has 2 rings (SSSR count). The van der Waals surface area contributed by atoms with Gasteiger partial charge < -0.3 is 19.5 Å². The van der Waals surface area contributed by atoms with Gasteiger partial charge in [-0.3, -0.25) is 4.79 Å². The van der Waals surface area contributed by atoms with Crippen molar-refractivity contribution in [3.63, 3.8) is 0 Å². The third-order valence-corrected chi connectivity index (χ3v) is 5.56. The normalized spacial score (nSPS) is 12.4. The van der Waals surface area contributed by atoms with Gasteiger partial charge in [-0.15, -0.1) is 0 Å². The Morgan fingerprint density at radius 2 is 1.65 bits per heavy atom. The molecule has 1 atom stereocenters. The monoisotopic (exact) mass is 448 g/mol. The number of hydrogen-bond acceptors (Lipinski definition) is 6. The van der Waals surface area contributed by atoms with Gasteiger partial charge in [0.05, 0.1) is 27.4 Å². The van der Waals surface area contributed by atoms with Crippen LogP contribution in [0.4, 0.5) is 0 Å². The van der Waals surface area contributed by atoms with Gasteiger partial charge in [-0.1, -0.05) is 30.3 Å². The van der Waals surface area contributed by atoms with Crippen LogP contribution in [0.15, 0.2) is 47.9 Å². The molecule has 0 saturated heterocycles. The van der Waals surface area contributed by atoms with Gasteiger partial charge in [0.15, 0.2) is 11.5 Å². The van der Waals surface area contributed by atoms with E-state index < -0.39 is 10.0 Å². The second kappa shape index (κ2) is 11.4. The molecule has 0 radical (unpaired) electrons. The van der Waals surface area contributed by atoms with E-state index in [1.807, 2.05) is 25.1 Å². The quantitative estimate of drug-likeness (QED) is 0.548. The third-order valence-electron chi connectivity index (χ3n) is 4.46. The van der Waals surface area contributed by atoms with Crippen LogP contribution in [0.3, 0.4) is 0 Å². The van der Waals surface area contributed by atoms with Crippen molar-refractivity contribution in [3.8, 4) is 17.2 Å². The lowest BCUT2D eigenvalue weighted by Gasteiger charge is -2.19. The van der Waals surface area contributed by atoms with Crippen LogP contribution >= 0.6 is 0 Å². The maximum absolute atomic E-state index is 12.3. The molecule has 0 aliphatic rings. The van der Waals surface area contributed by atoms with E-state index in [2.05, 4.69) is 10.0 Å². The first-order chi connectivity index (χ1) is 14.8. The van der Waals surface area contributed by atoms with Crippen LogP contribution in [0.1, 0.15) is 30.5 Å². The van der Waals surface area contributed by atoms with Crippen molar-refractivity contribution in [2.45, 2.75) is 19.4 Å². The van der Waals surface area contributed by atoms with Crippen molar-refractivity contribution >= 4 is 22.0 Å². The number of carbonyl (C=O) groups is 1. The molecule has 0 aromatic heterocycles. The predicted octanol–water partition coefficient (Wildman–Crippen LogP) is 2.87. The molecule has 0 bridgehead atoms. The highest BCUT2D eigenvalue weighted by Crippen LogP contribution is 2.39. The van der Waals surface area contributed by atoms with Gasteiger partial charge in [-0.05, 0) is 36.3 Å². The van der Waals surface area contributed by atoms with Crippen LogP contribution < -0.4 is 24.2 Å². The maximum atomic E-state index is 12.3. The molecule has 0 saturated carbocycles. The molecule has 0 heterocycles. The molecule has 0 spiro atoms. The fraction of sp³-hybridized carbons (Fsp3) is 0.318. The van der Waals surface area contributed by atoms with Crippen LogP contribution in [0.2, 0.25) is 0 Å². The van der Waals surface area contributed by atoms with Crippen LogP contribution in [0.25, 0.3) is 6.08 Å². The molecular weight excluding hydrogens is 420 g/mol. The molecule has 1 unspecified atom stereocenters. The molecule has 2 aromatic carbocycles. The summed E-state index contributed by atoms with van der Waals surface area (Å²) in [5, 5.41) is 3.92. The number of hydrogen-bond donors (Lipinski definition) is 2. The Hall–Kier alpha value is -3.04. The second-order valence-electron chi connectivity index (χ2n) is 6.65. The average molecular weight is 449 g/mol. The van der Waals surface area contributed by atoms with E-state index >= 15 is 0 Å². The fourth-order valence-electron chi connectivity index (χ4n) is 2.84. The summed E-state index contributed by atoms with van der Waals surface area (Å²) in [5.74, 6) is 1.13. The van der Waals surface area contributed by atoms with E-state index in [1.165, 1.54) is 27.4 Å². The van der Waals surface area contributed by atoms with E-state index in [0.717, 1.165) is 16.5 Å². The number of nitrogens with one attached hydrogen (secondary N) is 2. The smallest absolute Gasteiger partial charge is 0.233 e. The summed E-state index contributed by atoms with van der Waals surface area (Å²) in [7, 11) is 0.909. The summed E-state index contributed by atoms with van der Waals surface area (Å²) < 4.78 is 42.5. The maximum Gasteiger partial charge on any atom is 0.233 e. The SMILES string of the molecule is COc1cc(C(C)NC(=O)CCNS(=O)(=O)/C=C/c2ccccc2)cc(OC)c1OC. The minimum atomic E-state index is -3.64. The molecule has 1 amide bonds. The molecule has 0 aliphatic carbocycles. The number of benzene rings is 2.